The van der Waals surface area contributed by atoms with Crippen molar-refractivity contribution in [2.45, 2.75) is 65.5 Å². The molecule has 0 saturated heterocycles. The minimum Gasteiger partial charge on any atom is -0.408 e. The first-order valence-electron chi connectivity index (χ1n) is 7.86. The molecule has 0 aliphatic heterocycles. The molecule has 4 heteroatoms. The van der Waals surface area contributed by atoms with E-state index in [0.717, 1.165) is 6.42 Å². The molecule has 3 nitrogen and oxygen atoms in total. The van der Waals surface area contributed by atoms with Gasteiger partial charge < -0.3 is 9.16 Å². The molecule has 1 fully saturated rings. The van der Waals surface area contributed by atoms with Crippen molar-refractivity contribution in [1.29, 1.82) is 0 Å². The Labute approximate surface area is 130 Å². The maximum atomic E-state index is 12.4. The summed E-state index contributed by atoms with van der Waals surface area (Å²) in [5.74, 6) is 0.295. The fraction of sp³-hybridized carbons (Fsp3) is 0.824. The van der Waals surface area contributed by atoms with Crippen LogP contribution in [0.25, 0.3) is 0 Å². The van der Waals surface area contributed by atoms with E-state index in [1.165, 1.54) is 5.57 Å². The van der Waals surface area contributed by atoms with Crippen molar-refractivity contribution >= 4 is 14.1 Å². The lowest BCUT2D eigenvalue weighted by Gasteiger charge is -2.61. The highest BCUT2D eigenvalue weighted by Crippen LogP contribution is 2.58. The van der Waals surface area contributed by atoms with Crippen LogP contribution in [0.1, 0.15) is 34.1 Å². The third-order valence-corrected chi connectivity index (χ3v) is 5.92. The van der Waals surface area contributed by atoms with Gasteiger partial charge in [-0.3, -0.25) is 4.79 Å². The summed E-state index contributed by atoms with van der Waals surface area (Å²) in [6.07, 6.45) is 3.06. The Morgan fingerprint density at radius 1 is 1.33 bits per heavy atom. The van der Waals surface area contributed by atoms with Gasteiger partial charge in [-0.2, -0.15) is 0 Å². The molecule has 4 unspecified atom stereocenters. The van der Waals surface area contributed by atoms with Crippen molar-refractivity contribution in [1.82, 2.24) is 0 Å². The van der Waals surface area contributed by atoms with Gasteiger partial charge in [0.25, 0.3) is 0 Å². The van der Waals surface area contributed by atoms with Crippen molar-refractivity contribution in [3.63, 3.8) is 0 Å². The maximum Gasteiger partial charge on any atom is 0.184 e. The van der Waals surface area contributed by atoms with E-state index in [4.69, 9.17) is 9.16 Å². The summed E-state index contributed by atoms with van der Waals surface area (Å²) in [6.45, 7) is 15.0. The highest BCUT2D eigenvalue weighted by Gasteiger charge is 2.62. The largest absolute Gasteiger partial charge is 0.408 e. The number of rotatable bonds is 4. The van der Waals surface area contributed by atoms with Crippen LogP contribution in [-0.4, -0.2) is 32.9 Å². The molecule has 0 heterocycles. The topological polar surface area (TPSA) is 35.5 Å². The Balaban J connectivity index is 2.60. The maximum absolute atomic E-state index is 12.4. The Morgan fingerprint density at radius 2 is 1.90 bits per heavy atom. The second-order valence-corrected chi connectivity index (χ2v) is 12.9. The molecule has 0 aromatic rings. The summed E-state index contributed by atoms with van der Waals surface area (Å²) in [7, 11) is -0.0588. The highest BCUT2D eigenvalue weighted by molar-refractivity contribution is 6.69. The zero-order chi connectivity index (χ0) is 16.2. The van der Waals surface area contributed by atoms with Gasteiger partial charge in [0.2, 0.25) is 0 Å². The fourth-order valence-corrected chi connectivity index (χ4v) is 6.28. The number of hydrogen-bond donors (Lipinski definition) is 0. The van der Waals surface area contributed by atoms with Gasteiger partial charge >= 0.3 is 0 Å². The van der Waals surface area contributed by atoms with Crippen LogP contribution >= 0.6 is 0 Å². The lowest BCUT2D eigenvalue weighted by atomic mass is 9.50. The minimum absolute atomic E-state index is 0.0763. The number of carbonyl (C=O) groups is 1. The van der Waals surface area contributed by atoms with Crippen LogP contribution in [0.4, 0.5) is 0 Å². The quantitative estimate of drug-likeness (QED) is 0.585. The van der Waals surface area contributed by atoms with E-state index in [2.05, 4.69) is 46.5 Å². The molecule has 120 valence electrons. The highest BCUT2D eigenvalue weighted by atomic mass is 28.4. The van der Waals surface area contributed by atoms with Gasteiger partial charge in [0.15, 0.2) is 8.32 Å². The van der Waals surface area contributed by atoms with Crippen LogP contribution in [-0.2, 0) is 14.0 Å². The zero-order valence-corrected chi connectivity index (χ0v) is 15.7. The average molecular weight is 311 g/mol. The minimum atomic E-state index is -1.79. The van der Waals surface area contributed by atoms with Crippen molar-refractivity contribution < 1.29 is 14.0 Å². The van der Waals surface area contributed by atoms with Crippen LogP contribution in [0.15, 0.2) is 11.6 Å². The lowest BCUT2D eigenvalue weighted by Crippen LogP contribution is -2.66. The SMILES string of the molecule is COC1C2C(C)=CC(O[Si](C)(C)C)(CC2(C)C)C1C(C)=O. The number of ether oxygens (including phenoxy) is 1. The van der Waals surface area contributed by atoms with Gasteiger partial charge in [0, 0.05) is 13.0 Å². The molecule has 3 aliphatic carbocycles. The molecular weight excluding hydrogens is 280 g/mol. The Kier molecular flexibility index (Phi) is 4.05. The van der Waals surface area contributed by atoms with Gasteiger partial charge in [-0.15, -0.1) is 0 Å². The number of ketones is 1. The molecule has 0 aromatic carbocycles. The molecule has 3 rings (SSSR count). The number of Topliss-reactive ketones (excluding diaryl/α,β-unsaturated/α-hetero) is 1. The van der Waals surface area contributed by atoms with E-state index in [1.54, 1.807) is 14.0 Å². The molecule has 0 N–H and O–H groups in total. The first-order valence-corrected chi connectivity index (χ1v) is 11.3. The molecule has 21 heavy (non-hydrogen) atoms. The predicted molar refractivity (Wildman–Crippen MR) is 87.8 cm³/mol. The summed E-state index contributed by atoms with van der Waals surface area (Å²) in [4.78, 5) is 12.4. The molecule has 2 bridgehead atoms. The number of methoxy groups -OCH3 is 1. The standard InChI is InChI=1S/C17H30O3Si/c1-11-9-17(20-21(6,7)8)10-16(3,4)13(11)15(19-5)14(17)12(2)18/h9,13-15H,10H2,1-8H3. The number of hydrogen-bond acceptors (Lipinski definition) is 3. The summed E-state index contributed by atoms with van der Waals surface area (Å²) in [5.41, 5.74) is 0.915. The lowest BCUT2D eigenvalue weighted by molar-refractivity contribution is -0.168. The van der Waals surface area contributed by atoms with Crippen LogP contribution in [0.5, 0.6) is 0 Å². The van der Waals surface area contributed by atoms with E-state index >= 15 is 0 Å². The summed E-state index contributed by atoms with van der Waals surface area (Å²) in [5, 5.41) is 0. The molecule has 0 amide bonds. The van der Waals surface area contributed by atoms with E-state index < -0.39 is 13.9 Å². The van der Waals surface area contributed by atoms with E-state index in [0.29, 0.717) is 5.92 Å². The third-order valence-electron chi connectivity index (χ3n) is 4.93. The van der Waals surface area contributed by atoms with Crippen LogP contribution < -0.4 is 0 Å². The normalized spacial score (nSPS) is 38.3. The van der Waals surface area contributed by atoms with Crippen LogP contribution in [0.2, 0.25) is 19.6 Å². The predicted octanol–water partition coefficient (Wildman–Crippen LogP) is 3.80. The van der Waals surface area contributed by atoms with Gasteiger partial charge in [-0.25, -0.2) is 0 Å². The Bertz CT molecular complexity index is 475. The summed E-state index contributed by atoms with van der Waals surface area (Å²) < 4.78 is 12.4. The second-order valence-electron chi connectivity index (χ2n) is 8.49. The van der Waals surface area contributed by atoms with Crippen LogP contribution in [0.3, 0.4) is 0 Å². The number of carbonyl (C=O) groups excluding carboxylic acids is 1. The van der Waals surface area contributed by atoms with E-state index in [-0.39, 0.29) is 23.2 Å². The van der Waals surface area contributed by atoms with Gasteiger partial charge in [-0.1, -0.05) is 25.5 Å². The molecule has 4 atom stereocenters. The molecule has 0 spiro atoms. The number of fused-ring (bicyclic) bond motifs is 2. The molecule has 0 radical (unpaired) electrons. The zero-order valence-electron chi connectivity index (χ0n) is 14.7. The van der Waals surface area contributed by atoms with Crippen molar-refractivity contribution in [3.8, 4) is 0 Å². The van der Waals surface area contributed by atoms with Crippen molar-refractivity contribution in [2.24, 2.45) is 17.3 Å². The smallest absolute Gasteiger partial charge is 0.184 e. The van der Waals surface area contributed by atoms with Gasteiger partial charge in [0.05, 0.1) is 17.6 Å². The second kappa shape index (κ2) is 5.03. The summed E-state index contributed by atoms with van der Waals surface area (Å²) in [6, 6.07) is 0. The van der Waals surface area contributed by atoms with Crippen molar-refractivity contribution in [2.75, 3.05) is 7.11 Å². The first kappa shape index (κ1) is 16.9. The van der Waals surface area contributed by atoms with Crippen molar-refractivity contribution in [3.05, 3.63) is 11.6 Å². The molecule has 1 saturated carbocycles. The Hall–Kier alpha value is -0.453. The average Bonchev–Trinajstić information content (AvgIpc) is 2.21. The van der Waals surface area contributed by atoms with E-state index in [1.807, 2.05) is 0 Å². The molecule has 3 aliphatic rings. The monoisotopic (exact) mass is 310 g/mol. The first-order chi connectivity index (χ1) is 9.43. The molecule has 0 aromatic heterocycles. The van der Waals surface area contributed by atoms with Gasteiger partial charge in [0.1, 0.15) is 5.78 Å². The fourth-order valence-electron chi connectivity index (χ4n) is 4.89. The van der Waals surface area contributed by atoms with E-state index in [9.17, 15) is 4.79 Å². The molecular formula is C17H30O3Si. The summed E-state index contributed by atoms with van der Waals surface area (Å²) >= 11 is 0. The van der Waals surface area contributed by atoms with Gasteiger partial charge in [-0.05, 0) is 45.3 Å². The van der Waals surface area contributed by atoms with Crippen LogP contribution in [0, 0.1) is 17.3 Å². The Morgan fingerprint density at radius 3 is 2.29 bits per heavy atom. The third kappa shape index (κ3) is 2.78.